The molecule has 1 aliphatic heterocycles. The lowest BCUT2D eigenvalue weighted by Gasteiger charge is -2.26. The maximum Gasteiger partial charge on any atom is 0.254 e. The van der Waals surface area contributed by atoms with E-state index in [2.05, 4.69) is 15.3 Å². The van der Waals surface area contributed by atoms with E-state index in [9.17, 15) is 4.79 Å². The summed E-state index contributed by atoms with van der Waals surface area (Å²) >= 11 is 0. The van der Waals surface area contributed by atoms with Crippen LogP contribution in [-0.4, -0.2) is 60.0 Å². The summed E-state index contributed by atoms with van der Waals surface area (Å²) in [7, 11) is 0. The molecular formula is C19H24N4O2. The maximum atomic E-state index is 12.7. The van der Waals surface area contributed by atoms with Crippen LogP contribution < -0.4 is 5.32 Å². The molecule has 1 N–H and O–H groups in total. The van der Waals surface area contributed by atoms with Gasteiger partial charge in [-0.15, -0.1) is 0 Å². The maximum absolute atomic E-state index is 12.7. The Labute approximate surface area is 147 Å². The van der Waals surface area contributed by atoms with E-state index in [1.807, 2.05) is 35.0 Å². The van der Waals surface area contributed by atoms with Crippen molar-refractivity contribution in [3.8, 4) is 5.69 Å². The minimum Gasteiger partial charge on any atom is -0.379 e. The van der Waals surface area contributed by atoms with Crippen LogP contribution >= 0.6 is 0 Å². The standard InChI is InChI=1S/C19H24N4O2/c24-19(20-8-9-22-10-12-25-13-11-22)17-14-21-23(18(17)15-6-7-15)16-4-2-1-3-5-16/h1-5,14-15H,6-13H2,(H,20,24). The lowest BCUT2D eigenvalue weighted by Crippen LogP contribution is -2.41. The Morgan fingerprint density at radius 2 is 1.96 bits per heavy atom. The molecule has 1 saturated carbocycles. The monoisotopic (exact) mass is 340 g/mol. The highest BCUT2D eigenvalue weighted by Crippen LogP contribution is 2.42. The van der Waals surface area contributed by atoms with Gasteiger partial charge in [-0.2, -0.15) is 5.10 Å². The molecule has 0 unspecified atom stereocenters. The van der Waals surface area contributed by atoms with E-state index in [4.69, 9.17) is 4.74 Å². The Morgan fingerprint density at radius 1 is 1.20 bits per heavy atom. The number of aromatic nitrogens is 2. The highest BCUT2D eigenvalue weighted by molar-refractivity contribution is 5.95. The van der Waals surface area contributed by atoms with Crippen LogP contribution in [0.15, 0.2) is 36.5 Å². The quantitative estimate of drug-likeness (QED) is 0.871. The van der Waals surface area contributed by atoms with Gasteiger partial charge in [-0.3, -0.25) is 9.69 Å². The van der Waals surface area contributed by atoms with E-state index in [0.717, 1.165) is 57.1 Å². The first-order chi connectivity index (χ1) is 12.3. The summed E-state index contributed by atoms with van der Waals surface area (Å²) in [5, 5.41) is 7.55. The molecule has 0 atom stereocenters. The second kappa shape index (κ2) is 7.37. The zero-order valence-corrected chi connectivity index (χ0v) is 14.4. The smallest absolute Gasteiger partial charge is 0.254 e. The first-order valence-corrected chi connectivity index (χ1v) is 9.04. The minimum atomic E-state index is -0.0164. The van der Waals surface area contributed by atoms with Gasteiger partial charge in [-0.25, -0.2) is 4.68 Å². The lowest BCUT2D eigenvalue weighted by atomic mass is 10.1. The van der Waals surface area contributed by atoms with Crippen molar-refractivity contribution in [1.29, 1.82) is 0 Å². The van der Waals surface area contributed by atoms with E-state index >= 15 is 0 Å². The predicted molar refractivity (Wildman–Crippen MR) is 95.1 cm³/mol. The predicted octanol–water partition coefficient (Wildman–Crippen LogP) is 1.81. The fraction of sp³-hybridized carbons (Fsp3) is 0.474. The molecule has 2 aliphatic rings. The van der Waals surface area contributed by atoms with Gasteiger partial charge in [0.1, 0.15) is 0 Å². The number of ether oxygens (including phenoxy) is 1. The number of nitrogens with zero attached hydrogens (tertiary/aromatic N) is 3. The second-order valence-corrected chi connectivity index (χ2v) is 6.68. The van der Waals surface area contributed by atoms with Crippen LogP contribution in [0.4, 0.5) is 0 Å². The Kier molecular flexibility index (Phi) is 4.81. The van der Waals surface area contributed by atoms with Gasteiger partial charge in [0.15, 0.2) is 0 Å². The van der Waals surface area contributed by atoms with Crippen LogP contribution in [0.3, 0.4) is 0 Å². The van der Waals surface area contributed by atoms with Crippen LogP contribution in [0.5, 0.6) is 0 Å². The minimum absolute atomic E-state index is 0.0164. The zero-order chi connectivity index (χ0) is 17.1. The lowest BCUT2D eigenvalue weighted by molar-refractivity contribution is 0.0383. The van der Waals surface area contributed by atoms with Gasteiger partial charge in [-0.05, 0) is 25.0 Å². The molecule has 25 heavy (non-hydrogen) atoms. The molecule has 1 aliphatic carbocycles. The molecule has 2 fully saturated rings. The molecule has 0 radical (unpaired) electrons. The molecule has 2 heterocycles. The Bertz CT molecular complexity index is 718. The van der Waals surface area contributed by atoms with Crippen LogP contribution in [0.25, 0.3) is 5.69 Å². The van der Waals surface area contributed by atoms with Gasteiger partial charge < -0.3 is 10.1 Å². The van der Waals surface area contributed by atoms with Crippen molar-refractivity contribution in [2.75, 3.05) is 39.4 Å². The van der Waals surface area contributed by atoms with Crippen molar-refractivity contribution in [1.82, 2.24) is 20.0 Å². The van der Waals surface area contributed by atoms with Crippen molar-refractivity contribution in [2.45, 2.75) is 18.8 Å². The first-order valence-electron chi connectivity index (χ1n) is 9.04. The summed E-state index contributed by atoms with van der Waals surface area (Å²) in [5.74, 6) is 0.431. The van der Waals surface area contributed by atoms with Gasteiger partial charge in [0, 0.05) is 32.1 Å². The summed E-state index contributed by atoms with van der Waals surface area (Å²) in [6, 6.07) is 10.0. The summed E-state index contributed by atoms with van der Waals surface area (Å²) in [5.41, 5.74) is 2.78. The number of morpholine rings is 1. The molecule has 0 bridgehead atoms. The fourth-order valence-corrected chi connectivity index (χ4v) is 3.30. The summed E-state index contributed by atoms with van der Waals surface area (Å²) in [6.45, 7) is 4.96. The molecule has 1 saturated heterocycles. The van der Waals surface area contributed by atoms with Gasteiger partial charge in [-0.1, -0.05) is 18.2 Å². The fourth-order valence-electron chi connectivity index (χ4n) is 3.30. The number of carbonyl (C=O) groups excluding carboxylic acids is 1. The first kappa shape index (κ1) is 16.3. The summed E-state index contributed by atoms with van der Waals surface area (Å²) in [6.07, 6.45) is 3.98. The summed E-state index contributed by atoms with van der Waals surface area (Å²) in [4.78, 5) is 15.0. The van der Waals surface area contributed by atoms with Crippen LogP contribution in [0.1, 0.15) is 34.8 Å². The molecule has 1 aromatic carbocycles. The zero-order valence-electron chi connectivity index (χ0n) is 14.4. The third-order valence-corrected chi connectivity index (χ3v) is 4.83. The SMILES string of the molecule is O=C(NCCN1CCOCC1)c1cnn(-c2ccccc2)c1C1CC1. The van der Waals surface area contributed by atoms with E-state index in [-0.39, 0.29) is 5.91 Å². The number of nitrogens with one attached hydrogen (secondary N) is 1. The van der Waals surface area contributed by atoms with Crippen molar-refractivity contribution < 1.29 is 9.53 Å². The third-order valence-electron chi connectivity index (χ3n) is 4.83. The van der Waals surface area contributed by atoms with E-state index < -0.39 is 0 Å². The molecule has 132 valence electrons. The second-order valence-electron chi connectivity index (χ2n) is 6.68. The third kappa shape index (κ3) is 3.75. The van der Waals surface area contributed by atoms with Gasteiger partial charge in [0.25, 0.3) is 5.91 Å². The van der Waals surface area contributed by atoms with Crippen molar-refractivity contribution in [3.05, 3.63) is 47.8 Å². The van der Waals surface area contributed by atoms with Crippen LogP contribution in [0.2, 0.25) is 0 Å². The Balaban J connectivity index is 1.44. The average Bonchev–Trinajstić information content (AvgIpc) is 3.41. The van der Waals surface area contributed by atoms with Crippen molar-refractivity contribution >= 4 is 5.91 Å². The molecule has 6 nitrogen and oxygen atoms in total. The van der Waals surface area contributed by atoms with E-state index in [1.165, 1.54) is 0 Å². The largest absolute Gasteiger partial charge is 0.379 e. The topological polar surface area (TPSA) is 59.4 Å². The van der Waals surface area contributed by atoms with Gasteiger partial charge in [0.05, 0.1) is 36.4 Å². The molecule has 0 spiro atoms. The highest BCUT2D eigenvalue weighted by Gasteiger charge is 2.32. The van der Waals surface area contributed by atoms with E-state index in [0.29, 0.717) is 18.0 Å². The molecule has 6 heteroatoms. The highest BCUT2D eigenvalue weighted by atomic mass is 16.5. The normalized spacial score (nSPS) is 18.2. The number of hydrogen-bond acceptors (Lipinski definition) is 4. The van der Waals surface area contributed by atoms with Gasteiger partial charge >= 0.3 is 0 Å². The Morgan fingerprint density at radius 3 is 2.68 bits per heavy atom. The number of benzene rings is 1. The van der Waals surface area contributed by atoms with Crippen LogP contribution in [-0.2, 0) is 4.74 Å². The van der Waals surface area contributed by atoms with E-state index in [1.54, 1.807) is 6.20 Å². The molecule has 4 rings (SSSR count). The van der Waals surface area contributed by atoms with Crippen molar-refractivity contribution in [3.63, 3.8) is 0 Å². The molecule has 2 aromatic rings. The molecular weight excluding hydrogens is 316 g/mol. The molecule has 1 amide bonds. The van der Waals surface area contributed by atoms with Gasteiger partial charge in [0.2, 0.25) is 0 Å². The number of carbonyl (C=O) groups is 1. The Hall–Kier alpha value is -2.18. The van der Waals surface area contributed by atoms with Crippen molar-refractivity contribution in [2.24, 2.45) is 0 Å². The number of para-hydroxylation sites is 1. The molecule has 1 aromatic heterocycles. The number of rotatable bonds is 6. The summed E-state index contributed by atoms with van der Waals surface area (Å²) < 4.78 is 7.28. The number of hydrogen-bond donors (Lipinski definition) is 1. The van der Waals surface area contributed by atoms with Crippen LogP contribution in [0, 0.1) is 0 Å². The number of amides is 1. The average molecular weight is 340 g/mol.